The minimum Gasteiger partial charge on any atom is -0.494 e. The SMILES string of the molecule is COc1cc(F)c([N+](=O)[O-])cc1Nc1nccc(-c2cn3c4c(cccc24)OCC(C)(C)C3)n1. The molecule has 0 saturated heterocycles. The Morgan fingerprint density at radius 3 is 2.88 bits per heavy atom. The summed E-state index contributed by atoms with van der Waals surface area (Å²) in [6.45, 7) is 5.72. The average Bonchev–Trinajstić information content (AvgIpc) is 3.10. The van der Waals surface area contributed by atoms with Gasteiger partial charge in [0.15, 0.2) is 0 Å². The van der Waals surface area contributed by atoms with Crippen molar-refractivity contribution in [1.29, 1.82) is 0 Å². The van der Waals surface area contributed by atoms with E-state index in [2.05, 4.69) is 39.9 Å². The summed E-state index contributed by atoms with van der Waals surface area (Å²) < 4.78 is 27.5. The third kappa shape index (κ3) is 3.76. The Balaban J connectivity index is 1.57. The van der Waals surface area contributed by atoms with Gasteiger partial charge in [-0.1, -0.05) is 26.0 Å². The van der Waals surface area contributed by atoms with Crippen molar-refractivity contribution in [3.8, 4) is 22.8 Å². The van der Waals surface area contributed by atoms with Crippen LogP contribution in [0.15, 0.2) is 48.8 Å². The van der Waals surface area contributed by atoms with Crippen molar-refractivity contribution >= 4 is 28.2 Å². The fourth-order valence-electron chi connectivity index (χ4n) is 4.19. The minimum atomic E-state index is -0.989. The first-order chi connectivity index (χ1) is 16.3. The molecular formula is C24H22FN5O4. The second-order valence-electron chi connectivity index (χ2n) is 8.93. The third-order valence-corrected chi connectivity index (χ3v) is 5.72. The lowest BCUT2D eigenvalue weighted by Gasteiger charge is -2.22. The van der Waals surface area contributed by atoms with E-state index < -0.39 is 16.4 Å². The molecule has 34 heavy (non-hydrogen) atoms. The minimum absolute atomic E-state index is 0.0471. The number of anilines is 2. The second kappa shape index (κ2) is 7.98. The van der Waals surface area contributed by atoms with Gasteiger partial charge >= 0.3 is 5.69 Å². The first-order valence-corrected chi connectivity index (χ1v) is 10.6. The van der Waals surface area contributed by atoms with Crippen LogP contribution in [0.5, 0.6) is 11.5 Å². The van der Waals surface area contributed by atoms with Crippen molar-refractivity contribution in [1.82, 2.24) is 14.5 Å². The number of methoxy groups -OCH3 is 1. The van der Waals surface area contributed by atoms with Gasteiger partial charge in [-0.2, -0.15) is 4.39 Å². The van der Waals surface area contributed by atoms with E-state index in [9.17, 15) is 14.5 Å². The van der Waals surface area contributed by atoms with Crippen LogP contribution in [0.25, 0.3) is 22.2 Å². The monoisotopic (exact) mass is 463 g/mol. The van der Waals surface area contributed by atoms with E-state index in [1.165, 1.54) is 7.11 Å². The molecule has 1 aliphatic heterocycles. The Morgan fingerprint density at radius 1 is 1.29 bits per heavy atom. The molecular weight excluding hydrogens is 441 g/mol. The van der Waals surface area contributed by atoms with Crippen LogP contribution >= 0.6 is 0 Å². The number of ether oxygens (including phenoxy) is 2. The smallest absolute Gasteiger partial charge is 0.307 e. The lowest BCUT2D eigenvalue weighted by Crippen LogP contribution is -2.24. The molecule has 2 aromatic heterocycles. The highest BCUT2D eigenvalue weighted by atomic mass is 19.1. The normalized spacial score (nSPS) is 14.4. The van der Waals surface area contributed by atoms with Gasteiger partial charge in [-0.3, -0.25) is 10.1 Å². The molecule has 1 N–H and O–H groups in total. The summed E-state index contributed by atoms with van der Waals surface area (Å²) in [6, 6.07) is 9.75. The van der Waals surface area contributed by atoms with Crippen LogP contribution in [0.1, 0.15) is 13.8 Å². The maximum Gasteiger partial charge on any atom is 0.307 e. The third-order valence-electron chi connectivity index (χ3n) is 5.72. The van der Waals surface area contributed by atoms with Gasteiger partial charge < -0.3 is 19.4 Å². The number of hydrogen-bond donors (Lipinski definition) is 1. The van der Waals surface area contributed by atoms with E-state index >= 15 is 0 Å². The molecule has 0 bridgehead atoms. The number of para-hydroxylation sites is 1. The summed E-state index contributed by atoms with van der Waals surface area (Å²) in [5.74, 6) is 0.125. The number of aromatic nitrogens is 3. The van der Waals surface area contributed by atoms with Crippen LogP contribution in [0.2, 0.25) is 0 Å². The molecule has 10 heteroatoms. The number of benzene rings is 2. The molecule has 0 radical (unpaired) electrons. The molecule has 1 aliphatic rings. The van der Waals surface area contributed by atoms with Gasteiger partial charge in [0.2, 0.25) is 11.8 Å². The zero-order chi connectivity index (χ0) is 24.0. The van der Waals surface area contributed by atoms with Gasteiger partial charge in [-0.25, -0.2) is 9.97 Å². The molecule has 174 valence electrons. The molecule has 0 amide bonds. The maximum atomic E-state index is 14.0. The highest BCUT2D eigenvalue weighted by Crippen LogP contribution is 2.39. The maximum absolute atomic E-state index is 14.0. The standard InChI is InChI=1S/C24H22FN5O4/c1-24(2)12-29-11-15(14-5-4-6-20(22(14)29)34-13-24)17-7-8-26-23(27-17)28-18-10-19(30(31)32)16(25)9-21(18)33-3/h4-11H,12-13H2,1-3H3,(H,26,27,28). The zero-order valence-electron chi connectivity index (χ0n) is 18.8. The summed E-state index contributed by atoms with van der Waals surface area (Å²) >= 11 is 0. The average molecular weight is 463 g/mol. The van der Waals surface area contributed by atoms with E-state index in [-0.39, 0.29) is 22.8 Å². The van der Waals surface area contributed by atoms with Gasteiger partial charge in [-0.15, -0.1) is 0 Å². The van der Waals surface area contributed by atoms with Crippen LogP contribution in [-0.2, 0) is 6.54 Å². The van der Waals surface area contributed by atoms with Crippen LogP contribution in [0.4, 0.5) is 21.7 Å². The molecule has 0 aliphatic carbocycles. The number of hydrogen-bond acceptors (Lipinski definition) is 7. The van der Waals surface area contributed by atoms with Gasteiger partial charge in [0.05, 0.1) is 35.5 Å². The van der Waals surface area contributed by atoms with Crippen molar-refractivity contribution in [2.45, 2.75) is 20.4 Å². The van der Waals surface area contributed by atoms with Crippen LogP contribution in [0, 0.1) is 21.3 Å². The topological polar surface area (TPSA) is 104 Å². The summed E-state index contributed by atoms with van der Waals surface area (Å²) in [7, 11) is 1.35. The molecule has 0 unspecified atom stereocenters. The van der Waals surface area contributed by atoms with Gasteiger partial charge in [0, 0.05) is 47.4 Å². The number of nitrogens with zero attached hydrogens (tertiary/aromatic N) is 4. The van der Waals surface area contributed by atoms with Crippen LogP contribution < -0.4 is 14.8 Å². The van der Waals surface area contributed by atoms with Crippen molar-refractivity contribution in [3.63, 3.8) is 0 Å². The Kier molecular flexibility index (Phi) is 5.07. The first kappa shape index (κ1) is 21.6. The van der Waals surface area contributed by atoms with Crippen molar-refractivity contribution in [3.05, 3.63) is 64.7 Å². The quantitative estimate of drug-likeness (QED) is 0.316. The lowest BCUT2D eigenvalue weighted by molar-refractivity contribution is -0.387. The molecule has 9 nitrogen and oxygen atoms in total. The predicted molar refractivity (Wildman–Crippen MR) is 125 cm³/mol. The number of halogens is 1. The summed E-state index contributed by atoms with van der Waals surface area (Å²) in [6.07, 6.45) is 3.65. The Hall–Kier alpha value is -4.21. The highest BCUT2D eigenvalue weighted by molar-refractivity contribution is 5.98. The Labute approximate surface area is 194 Å². The summed E-state index contributed by atoms with van der Waals surface area (Å²) in [5.41, 5.74) is 2.03. The molecule has 0 spiro atoms. The van der Waals surface area contributed by atoms with Crippen LogP contribution in [-0.4, -0.2) is 33.2 Å². The molecule has 4 aromatic rings. The number of nitro groups is 1. The second-order valence-corrected chi connectivity index (χ2v) is 8.93. The molecule has 0 atom stereocenters. The zero-order valence-corrected chi connectivity index (χ0v) is 18.8. The van der Waals surface area contributed by atoms with E-state index in [0.717, 1.165) is 40.9 Å². The Bertz CT molecular complexity index is 1430. The largest absolute Gasteiger partial charge is 0.494 e. The molecule has 3 heterocycles. The van der Waals surface area contributed by atoms with Gasteiger partial charge in [0.1, 0.15) is 11.5 Å². The Morgan fingerprint density at radius 2 is 2.12 bits per heavy atom. The molecule has 0 saturated carbocycles. The molecule has 2 aromatic carbocycles. The van der Waals surface area contributed by atoms with E-state index in [1.807, 2.05) is 18.2 Å². The van der Waals surface area contributed by atoms with Crippen molar-refractivity contribution < 1.29 is 18.8 Å². The van der Waals surface area contributed by atoms with Crippen LogP contribution in [0.3, 0.4) is 0 Å². The van der Waals surface area contributed by atoms with Gasteiger partial charge in [-0.05, 0) is 12.1 Å². The fourth-order valence-corrected chi connectivity index (χ4v) is 4.19. The van der Waals surface area contributed by atoms with E-state index in [1.54, 1.807) is 12.3 Å². The van der Waals surface area contributed by atoms with Crippen molar-refractivity contribution in [2.75, 3.05) is 19.0 Å². The number of nitrogens with one attached hydrogen (secondary N) is 1. The summed E-state index contributed by atoms with van der Waals surface area (Å²) in [4.78, 5) is 19.2. The number of nitro benzene ring substituents is 1. The highest BCUT2D eigenvalue weighted by Gasteiger charge is 2.27. The number of rotatable bonds is 5. The van der Waals surface area contributed by atoms with Crippen molar-refractivity contribution in [2.24, 2.45) is 5.41 Å². The lowest BCUT2D eigenvalue weighted by atomic mass is 9.95. The molecule has 0 fully saturated rings. The summed E-state index contributed by atoms with van der Waals surface area (Å²) in [5, 5.41) is 15.1. The fraction of sp³-hybridized carbons (Fsp3) is 0.250. The molecule has 5 rings (SSSR count). The first-order valence-electron chi connectivity index (χ1n) is 10.6. The predicted octanol–water partition coefficient (Wildman–Crippen LogP) is 5.32. The van der Waals surface area contributed by atoms with Gasteiger partial charge in [0.25, 0.3) is 0 Å². The van der Waals surface area contributed by atoms with E-state index in [0.29, 0.717) is 12.3 Å². The van der Waals surface area contributed by atoms with E-state index in [4.69, 9.17) is 9.47 Å².